The maximum absolute atomic E-state index is 12.5. The zero-order chi connectivity index (χ0) is 17.7. The van der Waals surface area contributed by atoms with Crippen molar-refractivity contribution >= 4 is 17.8 Å². The van der Waals surface area contributed by atoms with Crippen LogP contribution < -0.4 is 5.32 Å². The lowest BCUT2D eigenvalue weighted by atomic mass is 9.93. The summed E-state index contributed by atoms with van der Waals surface area (Å²) in [5.74, 6) is -1.29. The molecule has 0 fully saturated rings. The molecule has 1 atom stereocenters. The van der Waals surface area contributed by atoms with Gasteiger partial charge < -0.3 is 15.3 Å². The smallest absolute Gasteiger partial charge is 0.326 e. The van der Waals surface area contributed by atoms with Gasteiger partial charge in [0.1, 0.15) is 6.04 Å². The number of carbonyl (C=O) groups excluding carboxylic acids is 2. The molecule has 130 valence electrons. The number of aliphatic carboxylic acids is 1. The Hall–Kier alpha value is -2.37. The number of amides is 2. The molecule has 1 aromatic rings. The van der Waals surface area contributed by atoms with E-state index in [-0.39, 0.29) is 30.7 Å². The molecule has 1 heterocycles. The van der Waals surface area contributed by atoms with E-state index in [9.17, 15) is 19.5 Å². The van der Waals surface area contributed by atoms with Gasteiger partial charge in [0.2, 0.25) is 11.8 Å². The van der Waals surface area contributed by atoms with Crippen LogP contribution in [0.15, 0.2) is 24.3 Å². The SMILES string of the molecule is CC(C)NC(=O)CCCC(=O)N1Cc2ccccc2CC1C(=O)O. The summed E-state index contributed by atoms with van der Waals surface area (Å²) in [5.41, 5.74) is 1.96. The Bertz CT molecular complexity index is 627. The van der Waals surface area contributed by atoms with Crippen LogP contribution >= 0.6 is 0 Å². The molecular formula is C18H24N2O4. The van der Waals surface area contributed by atoms with E-state index in [2.05, 4.69) is 5.32 Å². The van der Waals surface area contributed by atoms with Crippen LogP contribution in [0.5, 0.6) is 0 Å². The molecule has 0 radical (unpaired) electrons. The molecule has 1 aliphatic rings. The molecule has 1 aromatic carbocycles. The fourth-order valence-electron chi connectivity index (χ4n) is 2.94. The molecule has 1 unspecified atom stereocenters. The molecule has 0 spiro atoms. The minimum atomic E-state index is -0.990. The van der Waals surface area contributed by atoms with Crippen molar-refractivity contribution in [3.05, 3.63) is 35.4 Å². The van der Waals surface area contributed by atoms with Crippen LogP contribution in [0, 0.1) is 0 Å². The maximum Gasteiger partial charge on any atom is 0.326 e. The lowest BCUT2D eigenvalue weighted by molar-refractivity contribution is -0.151. The Labute approximate surface area is 141 Å². The number of nitrogens with zero attached hydrogens (tertiary/aromatic N) is 1. The van der Waals surface area contributed by atoms with E-state index in [1.807, 2.05) is 38.1 Å². The highest BCUT2D eigenvalue weighted by Gasteiger charge is 2.34. The van der Waals surface area contributed by atoms with Crippen molar-refractivity contribution in [2.45, 2.75) is 58.2 Å². The summed E-state index contributed by atoms with van der Waals surface area (Å²) >= 11 is 0. The second kappa shape index (κ2) is 7.95. The zero-order valence-electron chi connectivity index (χ0n) is 14.1. The number of rotatable bonds is 6. The van der Waals surface area contributed by atoms with Gasteiger partial charge in [-0.3, -0.25) is 9.59 Å². The summed E-state index contributed by atoms with van der Waals surface area (Å²) in [4.78, 5) is 37.0. The van der Waals surface area contributed by atoms with Gasteiger partial charge in [0.25, 0.3) is 0 Å². The van der Waals surface area contributed by atoms with Crippen LogP contribution in [-0.4, -0.2) is 39.9 Å². The van der Waals surface area contributed by atoms with E-state index in [1.165, 1.54) is 4.90 Å². The highest BCUT2D eigenvalue weighted by atomic mass is 16.4. The van der Waals surface area contributed by atoms with E-state index in [1.54, 1.807) is 0 Å². The number of benzene rings is 1. The van der Waals surface area contributed by atoms with Crippen LogP contribution in [0.3, 0.4) is 0 Å². The molecule has 24 heavy (non-hydrogen) atoms. The number of hydrogen-bond acceptors (Lipinski definition) is 3. The second-order valence-corrected chi connectivity index (χ2v) is 6.42. The first kappa shape index (κ1) is 18.0. The van der Waals surface area contributed by atoms with Gasteiger partial charge in [-0.2, -0.15) is 0 Å². The molecule has 1 aliphatic heterocycles. The normalized spacial score (nSPS) is 16.6. The van der Waals surface area contributed by atoms with Gasteiger partial charge in [0.05, 0.1) is 0 Å². The van der Waals surface area contributed by atoms with Gasteiger partial charge in [0, 0.05) is 31.8 Å². The molecule has 0 saturated carbocycles. The number of carboxylic acids is 1. The first-order chi connectivity index (χ1) is 11.4. The minimum Gasteiger partial charge on any atom is -0.480 e. The van der Waals surface area contributed by atoms with Crippen molar-refractivity contribution in [1.29, 1.82) is 0 Å². The predicted octanol–water partition coefficient (Wildman–Crippen LogP) is 1.72. The van der Waals surface area contributed by atoms with Crippen molar-refractivity contribution in [1.82, 2.24) is 10.2 Å². The molecule has 2 rings (SSSR count). The van der Waals surface area contributed by atoms with Crippen LogP contribution in [0.2, 0.25) is 0 Å². The summed E-state index contributed by atoms with van der Waals surface area (Å²) in [7, 11) is 0. The molecule has 0 bridgehead atoms. The number of carbonyl (C=O) groups is 3. The first-order valence-electron chi connectivity index (χ1n) is 8.27. The van der Waals surface area contributed by atoms with E-state index < -0.39 is 12.0 Å². The lowest BCUT2D eigenvalue weighted by Gasteiger charge is -2.34. The summed E-state index contributed by atoms with van der Waals surface area (Å²) in [5, 5.41) is 12.2. The highest BCUT2D eigenvalue weighted by molar-refractivity contribution is 5.85. The summed E-state index contributed by atoms with van der Waals surface area (Å²) < 4.78 is 0. The molecule has 2 amide bonds. The van der Waals surface area contributed by atoms with E-state index >= 15 is 0 Å². The second-order valence-electron chi connectivity index (χ2n) is 6.42. The minimum absolute atomic E-state index is 0.0724. The van der Waals surface area contributed by atoms with Gasteiger partial charge in [0.15, 0.2) is 0 Å². The van der Waals surface area contributed by atoms with Gasteiger partial charge in [-0.05, 0) is 31.4 Å². The molecule has 2 N–H and O–H groups in total. The van der Waals surface area contributed by atoms with Gasteiger partial charge in [-0.15, -0.1) is 0 Å². The number of carboxylic acid groups (broad SMARTS) is 1. The Morgan fingerprint density at radius 1 is 1.21 bits per heavy atom. The highest BCUT2D eigenvalue weighted by Crippen LogP contribution is 2.24. The largest absolute Gasteiger partial charge is 0.480 e. The first-order valence-corrected chi connectivity index (χ1v) is 8.27. The molecular weight excluding hydrogens is 308 g/mol. The standard InChI is InChI=1S/C18H24N2O4/c1-12(2)19-16(21)8-5-9-17(22)20-11-14-7-4-3-6-13(14)10-15(20)18(23)24/h3-4,6-7,12,15H,5,8-11H2,1-2H3,(H,19,21)(H,23,24). The number of hydrogen-bond donors (Lipinski definition) is 2. The number of nitrogens with one attached hydrogen (secondary N) is 1. The third kappa shape index (κ3) is 4.57. The average molecular weight is 332 g/mol. The molecule has 6 heteroatoms. The quantitative estimate of drug-likeness (QED) is 0.830. The Morgan fingerprint density at radius 3 is 2.50 bits per heavy atom. The van der Waals surface area contributed by atoms with Crippen molar-refractivity contribution < 1.29 is 19.5 Å². The fourth-order valence-corrected chi connectivity index (χ4v) is 2.94. The number of fused-ring (bicyclic) bond motifs is 1. The molecule has 0 saturated heterocycles. The van der Waals surface area contributed by atoms with Crippen LogP contribution in [0.25, 0.3) is 0 Å². The Kier molecular flexibility index (Phi) is 5.95. The van der Waals surface area contributed by atoms with Crippen molar-refractivity contribution in [3.63, 3.8) is 0 Å². The third-order valence-electron chi connectivity index (χ3n) is 4.10. The summed E-state index contributed by atoms with van der Waals surface area (Å²) in [6.45, 7) is 4.07. The topological polar surface area (TPSA) is 86.7 Å². The third-order valence-corrected chi connectivity index (χ3v) is 4.10. The average Bonchev–Trinajstić information content (AvgIpc) is 2.52. The zero-order valence-corrected chi connectivity index (χ0v) is 14.1. The van der Waals surface area contributed by atoms with E-state index in [0.29, 0.717) is 19.4 Å². The fraction of sp³-hybridized carbons (Fsp3) is 0.500. The van der Waals surface area contributed by atoms with Crippen molar-refractivity contribution in [2.24, 2.45) is 0 Å². The summed E-state index contributed by atoms with van der Waals surface area (Å²) in [6, 6.07) is 6.83. The Balaban J connectivity index is 1.97. The van der Waals surface area contributed by atoms with Gasteiger partial charge in [-0.25, -0.2) is 4.79 Å². The van der Waals surface area contributed by atoms with Crippen molar-refractivity contribution in [2.75, 3.05) is 0 Å². The van der Waals surface area contributed by atoms with E-state index in [4.69, 9.17) is 0 Å². The molecule has 0 aliphatic carbocycles. The summed E-state index contributed by atoms with van der Waals surface area (Å²) in [6.07, 6.45) is 1.19. The monoisotopic (exact) mass is 332 g/mol. The van der Waals surface area contributed by atoms with E-state index in [0.717, 1.165) is 11.1 Å². The maximum atomic E-state index is 12.5. The van der Waals surface area contributed by atoms with Crippen LogP contribution in [-0.2, 0) is 27.3 Å². The molecule has 0 aromatic heterocycles. The van der Waals surface area contributed by atoms with Crippen LogP contribution in [0.1, 0.15) is 44.2 Å². The van der Waals surface area contributed by atoms with Gasteiger partial charge >= 0.3 is 5.97 Å². The van der Waals surface area contributed by atoms with Crippen molar-refractivity contribution in [3.8, 4) is 0 Å². The Morgan fingerprint density at radius 2 is 1.88 bits per heavy atom. The predicted molar refractivity (Wildman–Crippen MR) is 89.2 cm³/mol. The molecule has 6 nitrogen and oxygen atoms in total. The lowest BCUT2D eigenvalue weighted by Crippen LogP contribution is -2.48. The van der Waals surface area contributed by atoms with Gasteiger partial charge in [-0.1, -0.05) is 24.3 Å². The van der Waals surface area contributed by atoms with Crippen LogP contribution in [0.4, 0.5) is 0 Å².